The monoisotopic (exact) mass is 518 g/mol. The molecule has 3 aromatic rings. The summed E-state index contributed by atoms with van der Waals surface area (Å²) in [5.41, 5.74) is 6.73. The Labute approximate surface area is 209 Å². The fourth-order valence-electron chi connectivity index (χ4n) is 4.43. The van der Waals surface area contributed by atoms with E-state index in [0.29, 0.717) is 43.4 Å². The highest BCUT2D eigenvalue weighted by Gasteiger charge is 2.35. The number of piperazine rings is 1. The number of anilines is 3. The highest BCUT2D eigenvalue weighted by Crippen LogP contribution is 2.34. The van der Waals surface area contributed by atoms with E-state index in [1.165, 1.54) is 24.2 Å². The molecule has 0 spiro atoms. The zero-order chi connectivity index (χ0) is 26.3. The number of halogens is 3. The average Bonchev–Trinajstić information content (AvgIpc) is 3.21. The maximum Gasteiger partial charge on any atom is 0.406 e. The van der Waals surface area contributed by atoms with E-state index >= 15 is 0 Å². The van der Waals surface area contributed by atoms with Crippen molar-refractivity contribution < 1.29 is 22.7 Å². The number of ether oxygens (including phenoxy) is 1. The second kappa shape index (κ2) is 9.46. The predicted octanol–water partition coefficient (Wildman–Crippen LogP) is 1.45. The molecule has 2 N–H and O–H groups in total. The van der Waals surface area contributed by atoms with Gasteiger partial charge in [-0.1, -0.05) is 6.58 Å². The number of morpholine rings is 1. The van der Waals surface area contributed by atoms with E-state index in [9.17, 15) is 18.0 Å². The van der Waals surface area contributed by atoms with Gasteiger partial charge < -0.3 is 25.2 Å². The SMILES string of the molecule is C=C1CN(c2nc3c(N4CCOCC4)nc(-c4cnc(N)nc4)nc3n2CC(F)(F)F)CCN1C(C)=O. The molecule has 12 nitrogen and oxygen atoms in total. The molecule has 0 aliphatic carbocycles. The highest BCUT2D eigenvalue weighted by atomic mass is 19.4. The Bertz CT molecular complexity index is 1340. The summed E-state index contributed by atoms with van der Waals surface area (Å²) in [6, 6.07) is 0. The first-order valence-electron chi connectivity index (χ1n) is 11.6. The number of nitrogens with zero attached hydrogens (tertiary/aromatic N) is 9. The van der Waals surface area contributed by atoms with Crippen molar-refractivity contribution in [2.75, 3.05) is 61.5 Å². The van der Waals surface area contributed by atoms with Gasteiger partial charge in [-0.2, -0.15) is 13.2 Å². The van der Waals surface area contributed by atoms with E-state index in [1.54, 1.807) is 4.90 Å². The third-order valence-electron chi connectivity index (χ3n) is 6.15. The fourth-order valence-corrected chi connectivity index (χ4v) is 4.43. The van der Waals surface area contributed by atoms with Crippen LogP contribution in [-0.4, -0.2) is 92.4 Å². The van der Waals surface area contributed by atoms with Crippen LogP contribution in [0.15, 0.2) is 24.7 Å². The average molecular weight is 519 g/mol. The van der Waals surface area contributed by atoms with E-state index in [-0.39, 0.29) is 54.4 Å². The van der Waals surface area contributed by atoms with Crippen molar-refractivity contribution >= 4 is 34.8 Å². The van der Waals surface area contributed by atoms with Gasteiger partial charge in [0.2, 0.25) is 17.8 Å². The van der Waals surface area contributed by atoms with Crippen molar-refractivity contribution in [1.82, 2.24) is 34.4 Å². The number of fused-ring (bicyclic) bond motifs is 1. The Morgan fingerprint density at radius 3 is 2.41 bits per heavy atom. The molecular weight excluding hydrogens is 493 g/mol. The number of imidazole rings is 1. The topological polar surface area (TPSA) is 131 Å². The van der Waals surface area contributed by atoms with E-state index in [2.05, 4.69) is 31.5 Å². The third kappa shape index (κ3) is 4.98. The molecule has 196 valence electrons. The highest BCUT2D eigenvalue weighted by molar-refractivity contribution is 5.88. The van der Waals surface area contributed by atoms with Gasteiger partial charge in [0, 0.05) is 51.2 Å². The van der Waals surface area contributed by atoms with Crippen LogP contribution in [0.25, 0.3) is 22.6 Å². The summed E-state index contributed by atoms with van der Waals surface area (Å²) in [7, 11) is 0. The Kier molecular flexibility index (Phi) is 6.31. The van der Waals surface area contributed by atoms with Gasteiger partial charge in [-0.3, -0.25) is 9.36 Å². The van der Waals surface area contributed by atoms with Crippen LogP contribution in [0, 0.1) is 0 Å². The molecule has 2 aliphatic heterocycles. The van der Waals surface area contributed by atoms with Gasteiger partial charge in [0.25, 0.3) is 0 Å². The minimum Gasteiger partial charge on any atom is -0.378 e. The molecule has 2 fully saturated rings. The number of carbonyl (C=O) groups is 1. The Balaban J connectivity index is 1.69. The smallest absolute Gasteiger partial charge is 0.378 e. The lowest BCUT2D eigenvalue weighted by atomic mass is 10.2. The first-order valence-corrected chi connectivity index (χ1v) is 11.6. The molecule has 0 bridgehead atoms. The van der Waals surface area contributed by atoms with Gasteiger partial charge in [-0.05, 0) is 0 Å². The van der Waals surface area contributed by atoms with Gasteiger partial charge in [-0.15, -0.1) is 0 Å². The molecule has 2 saturated heterocycles. The number of alkyl halides is 3. The van der Waals surface area contributed by atoms with Crippen LogP contribution >= 0.6 is 0 Å². The number of amides is 1. The summed E-state index contributed by atoms with van der Waals surface area (Å²) >= 11 is 0. The van der Waals surface area contributed by atoms with E-state index < -0.39 is 12.7 Å². The summed E-state index contributed by atoms with van der Waals surface area (Å²) in [6.45, 7) is 6.59. The number of aromatic nitrogens is 6. The fraction of sp³-hybridized carbons (Fsp3) is 0.455. The summed E-state index contributed by atoms with van der Waals surface area (Å²) in [6.07, 6.45) is -1.71. The quantitative estimate of drug-likeness (QED) is 0.541. The largest absolute Gasteiger partial charge is 0.406 e. The lowest BCUT2D eigenvalue weighted by Gasteiger charge is -2.36. The van der Waals surface area contributed by atoms with E-state index in [4.69, 9.17) is 10.5 Å². The molecule has 15 heteroatoms. The van der Waals surface area contributed by atoms with Crippen molar-refractivity contribution in [2.45, 2.75) is 19.6 Å². The van der Waals surface area contributed by atoms with E-state index in [1.807, 2.05) is 4.90 Å². The Morgan fingerprint density at radius 2 is 1.78 bits per heavy atom. The minimum absolute atomic E-state index is 0.0234. The van der Waals surface area contributed by atoms with Crippen molar-refractivity contribution in [1.29, 1.82) is 0 Å². The molecule has 0 atom stereocenters. The van der Waals surface area contributed by atoms with Gasteiger partial charge >= 0.3 is 6.18 Å². The molecule has 3 aromatic heterocycles. The number of carbonyl (C=O) groups excluding carboxylic acids is 1. The van der Waals surface area contributed by atoms with Gasteiger partial charge in [0.1, 0.15) is 6.54 Å². The molecule has 1 amide bonds. The molecule has 0 saturated carbocycles. The zero-order valence-corrected chi connectivity index (χ0v) is 20.1. The number of nitrogen functional groups attached to an aromatic ring is 1. The van der Waals surface area contributed by atoms with Crippen molar-refractivity contribution in [3.63, 3.8) is 0 Å². The van der Waals surface area contributed by atoms with Crippen LogP contribution in [0.4, 0.5) is 30.9 Å². The normalized spacial score (nSPS) is 17.1. The van der Waals surface area contributed by atoms with Crippen LogP contribution < -0.4 is 15.5 Å². The van der Waals surface area contributed by atoms with Gasteiger partial charge in [0.15, 0.2) is 22.8 Å². The van der Waals surface area contributed by atoms with Crippen LogP contribution in [0.3, 0.4) is 0 Å². The lowest BCUT2D eigenvalue weighted by molar-refractivity contribution is -0.139. The second-order valence-electron chi connectivity index (χ2n) is 8.74. The molecule has 37 heavy (non-hydrogen) atoms. The molecule has 5 rings (SSSR count). The first-order chi connectivity index (χ1) is 17.6. The molecule has 5 heterocycles. The van der Waals surface area contributed by atoms with Crippen molar-refractivity contribution in [3.05, 3.63) is 24.7 Å². The molecule has 2 aliphatic rings. The number of rotatable bonds is 4. The minimum atomic E-state index is -4.55. The molecule has 0 unspecified atom stereocenters. The maximum atomic E-state index is 13.8. The van der Waals surface area contributed by atoms with E-state index in [0.717, 1.165) is 4.57 Å². The van der Waals surface area contributed by atoms with Gasteiger partial charge in [-0.25, -0.2) is 24.9 Å². The summed E-state index contributed by atoms with van der Waals surface area (Å²) in [4.78, 5) is 38.7. The van der Waals surface area contributed by atoms with Crippen LogP contribution in [0.5, 0.6) is 0 Å². The number of hydrogen-bond acceptors (Lipinski definition) is 10. The van der Waals surface area contributed by atoms with Crippen molar-refractivity contribution in [3.8, 4) is 11.4 Å². The summed E-state index contributed by atoms with van der Waals surface area (Å²) < 4.78 is 47.9. The number of nitrogens with two attached hydrogens (primary N) is 1. The predicted molar refractivity (Wildman–Crippen MR) is 129 cm³/mol. The van der Waals surface area contributed by atoms with Crippen LogP contribution in [0.2, 0.25) is 0 Å². The first kappa shape index (κ1) is 24.7. The standard InChI is InChI=1S/C22H25F3N10O2/c1-13-11-33(3-4-34(13)14(2)36)21-29-16-18(32-5-7-37-8-6-32)30-17(15-9-27-20(26)28-10-15)31-19(16)35(21)12-22(23,24)25/h9-10H,1,3-8,11-12H2,2H3,(H2,26,27,28). The van der Waals surface area contributed by atoms with Gasteiger partial charge in [0.05, 0.1) is 25.3 Å². The Hall–Kier alpha value is -4.01. The molecular formula is C22H25F3N10O2. The zero-order valence-electron chi connectivity index (χ0n) is 20.1. The van der Waals surface area contributed by atoms with Crippen LogP contribution in [0.1, 0.15) is 6.92 Å². The molecule has 0 aromatic carbocycles. The number of hydrogen-bond donors (Lipinski definition) is 1. The Morgan fingerprint density at radius 1 is 1.08 bits per heavy atom. The van der Waals surface area contributed by atoms with Crippen LogP contribution in [-0.2, 0) is 16.1 Å². The maximum absolute atomic E-state index is 13.8. The second-order valence-corrected chi connectivity index (χ2v) is 8.74. The molecule has 0 radical (unpaired) electrons. The summed E-state index contributed by atoms with van der Waals surface area (Å²) in [5.74, 6) is 0.487. The van der Waals surface area contributed by atoms with Crippen molar-refractivity contribution in [2.24, 2.45) is 0 Å². The third-order valence-corrected chi connectivity index (χ3v) is 6.15. The lowest BCUT2D eigenvalue weighted by Crippen LogP contribution is -2.47. The summed E-state index contributed by atoms with van der Waals surface area (Å²) in [5, 5.41) is 0.